The number of carbonyl (C=O) groups is 2. The van der Waals surface area contributed by atoms with E-state index >= 15 is 0 Å². The Bertz CT molecular complexity index is 1220. The molecule has 36 heavy (non-hydrogen) atoms. The molecule has 0 unspecified atom stereocenters. The predicted octanol–water partition coefficient (Wildman–Crippen LogP) is 6.17. The van der Waals surface area contributed by atoms with E-state index in [0.717, 1.165) is 29.9 Å². The van der Waals surface area contributed by atoms with Crippen molar-refractivity contribution in [2.75, 3.05) is 5.32 Å². The second kappa shape index (κ2) is 9.88. The van der Waals surface area contributed by atoms with Gasteiger partial charge in [0.1, 0.15) is 0 Å². The number of nitrogens with zero attached hydrogens (tertiary/aromatic N) is 3. The molecule has 2 fully saturated rings. The van der Waals surface area contributed by atoms with Crippen LogP contribution in [0, 0.1) is 11.3 Å². The normalized spacial score (nSPS) is 17.8. The molecule has 0 saturated heterocycles. The summed E-state index contributed by atoms with van der Waals surface area (Å²) in [6.45, 7) is 4.60. The molecular weight excluding hydrogens is 452 g/mol. The van der Waals surface area contributed by atoms with Crippen molar-refractivity contribution in [3.8, 4) is 5.82 Å². The third kappa shape index (κ3) is 5.66. The number of benzene rings is 1. The summed E-state index contributed by atoms with van der Waals surface area (Å²) >= 11 is 0. The Morgan fingerprint density at radius 3 is 2.44 bits per heavy atom. The highest BCUT2D eigenvalue weighted by Crippen LogP contribution is 2.51. The van der Waals surface area contributed by atoms with Crippen LogP contribution in [-0.2, 0) is 4.79 Å². The van der Waals surface area contributed by atoms with Crippen molar-refractivity contribution in [3.05, 3.63) is 71.7 Å². The van der Waals surface area contributed by atoms with E-state index in [4.69, 9.17) is 5.11 Å². The maximum absolute atomic E-state index is 12.5. The highest BCUT2D eigenvalue weighted by atomic mass is 16.4. The number of rotatable bonds is 11. The first kappa shape index (κ1) is 24.2. The molecule has 0 amide bonds. The van der Waals surface area contributed by atoms with Gasteiger partial charge in [-0.1, -0.05) is 38.1 Å². The zero-order valence-electron chi connectivity index (χ0n) is 21.0. The first-order valence-corrected chi connectivity index (χ1v) is 12.9. The van der Waals surface area contributed by atoms with Gasteiger partial charge in [-0.3, -0.25) is 9.59 Å². The molecule has 0 aliphatic heterocycles. The van der Waals surface area contributed by atoms with Gasteiger partial charge in [0.05, 0.1) is 24.1 Å². The highest BCUT2D eigenvalue weighted by molar-refractivity contribution is 5.96. The molecule has 0 spiro atoms. The largest absolute Gasteiger partial charge is 0.481 e. The number of nitrogens with one attached hydrogen (secondary N) is 1. The second-order valence-electron chi connectivity index (χ2n) is 11.1. The standard InChI is InChI=1S/C29H34N4O3/c1-29(2)14-22(15-29)28(21-10-8-20(9-11-21)25(34)4-3-5-27(35)36)32-24-12-13-26(30-17-24)33-18-23(16-31-33)19-6-7-19/h8-13,16-19,22,28,32H,3-7,14-15H2,1-2H3,(H,35,36)/t28-/m0/s1. The molecule has 5 rings (SSSR count). The number of hydrogen-bond acceptors (Lipinski definition) is 5. The van der Waals surface area contributed by atoms with Crippen LogP contribution in [0.1, 0.15) is 92.2 Å². The predicted molar refractivity (Wildman–Crippen MR) is 138 cm³/mol. The van der Waals surface area contributed by atoms with E-state index in [-0.39, 0.29) is 24.7 Å². The quantitative estimate of drug-likeness (QED) is 0.315. The van der Waals surface area contributed by atoms with Crippen molar-refractivity contribution in [1.29, 1.82) is 0 Å². The molecule has 188 valence electrons. The second-order valence-corrected chi connectivity index (χ2v) is 11.1. The average Bonchev–Trinajstić information content (AvgIpc) is 3.58. The van der Waals surface area contributed by atoms with E-state index in [1.54, 1.807) is 0 Å². The molecule has 1 aromatic carbocycles. The third-order valence-electron chi connectivity index (χ3n) is 7.44. The van der Waals surface area contributed by atoms with E-state index in [0.29, 0.717) is 29.2 Å². The van der Waals surface area contributed by atoms with Crippen molar-refractivity contribution >= 4 is 17.4 Å². The Hall–Kier alpha value is -3.48. The lowest BCUT2D eigenvalue weighted by molar-refractivity contribution is -0.137. The number of pyridine rings is 1. The fraction of sp³-hybridized carbons (Fsp3) is 0.448. The minimum absolute atomic E-state index is 0.0136. The smallest absolute Gasteiger partial charge is 0.303 e. The Kier molecular flexibility index (Phi) is 6.65. The zero-order chi connectivity index (χ0) is 25.3. The molecule has 1 atom stereocenters. The van der Waals surface area contributed by atoms with Crippen LogP contribution in [0.4, 0.5) is 5.69 Å². The summed E-state index contributed by atoms with van der Waals surface area (Å²) in [4.78, 5) is 27.8. The molecule has 7 heteroatoms. The van der Waals surface area contributed by atoms with Gasteiger partial charge in [-0.25, -0.2) is 9.67 Å². The summed E-state index contributed by atoms with van der Waals surface area (Å²) in [5, 5.41) is 17.0. The molecule has 3 aromatic rings. The van der Waals surface area contributed by atoms with E-state index < -0.39 is 5.97 Å². The van der Waals surface area contributed by atoms with Gasteiger partial charge < -0.3 is 10.4 Å². The molecule has 2 saturated carbocycles. The molecule has 2 N–H and O–H groups in total. The van der Waals surface area contributed by atoms with Gasteiger partial charge in [0, 0.05) is 24.6 Å². The van der Waals surface area contributed by atoms with Gasteiger partial charge in [0.15, 0.2) is 11.6 Å². The van der Waals surface area contributed by atoms with Gasteiger partial charge in [-0.15, -0.1) is 0 Å². The highest BCUT2D eigenvalue weighted by Gasteiger charge is 2.41. The monoisotopic (exact) mass is 486 g/mol. The molecule has 0 radical (unpaired) electrons. The van der Waals surface area contributed by atoms with Crippen molar-refractivity contribution in [3.63, 3.8) is 0 Å². The Balaban J connectivity index is 1.28. The average molecular weight is 487 g/mol. The van der Waals surface area contributed by atoms with Crippen molar-refractivity contribution < 1.29 is 14.7 Å². The van der Waals surface area contributed by atoms with Crippen molar-refractivity contribution in [2.24, 2.45) is 11.3 Å². The van der Waals surface area contributed by atoms with Crippen LogP contribution in [0.2, 0.25) is 0 Å². The molecule has 2 aromatic heterocycles. The summed E-state index contributed by atoms with van der Waals surface area (Å²) in [7, 11) is 0. The zero-order valence-corrected chi connectivity index (χ0v) is 21.0. The third-order valence-corrected chi connectivity index (χ3v) is 7.44. The number of aliphatic carboxylic acids is 1. The molecule has 2 aliphatic carbocycles. The minimum Gasteiger partial charge on any atom is -0.481 e. The van der Waals surface area contributed by atoms with E-state index in [1.165, 1.54) is 18.4 Å². The number of carboxylic acid groups (broad SMARTS) is 1. The Morgan fingerprint density at radius 1 is 1.08 bits per heavy atom. The summed E-state index contributed by atoms with van der Waals surface area (Å²) in [6, 6.07) is 12.0. The fourth-order valence-electron chi connectivity index (χ4n) is 5.37. The molecular formula is C29H34N4O3. The minimum atomic E-state index is -0.870. The number of anilines is 1. The van der Waals surface area contributed by atoms with Crippen LogP contribution >= 0.6 is 0 Å². The molecule has 2 heterocycles. The van der Waals surface area contributed by atoms with Crippen molar-refractivity contribution in [2.45, 2.75) is 70.8 Å². The Labute approximate surface area is 212 Å². The van der Waals surface area contributed by atoms with Gasteiger partial charge >= 0.3 is 5.97 Å². The van der Waals surface area contributed by atoms with Crippen LogP contribution < -0.4 is 5.32 Å². The first-order chi connectivity index (χ1) is 17.3. The van der Waals surface area contributed by atoms with Gasteiger partial charge in [0.25, 0.3) is 0 Å². The molecule has 2 aliphatic rings. The number of aromatic nitrogens is 3. The number of carbonyl (C=O) groups excluding carboxylic acids is 1. The van der Waals surface area contributed by atoms with Crippen LogP contribution in [0.25, 0.3) is 5.82 Å². The molecule has 0 bridgehead atoms. The summed E-state index contributed by atoms with van der Waals surface area (Å²) < 4.78 is 1.84. The van der Waals surface area contributed by atoms with E-state index in [9.17, 15) is 9.59 Å². The van der Waals surface area contributed by atoms with Crippen LogP contribution in [0.15, 0.2) is 55.0 Å². The Morgan fingerprint density at radius 2 is 1.83 bits per heavy atom. The summed E-state index contributed by atoms with van der Waals surface area (Å²) in [6.07, 6.45) is 11.3. The summed E-state index contributed by atoms with van der Waals surface area (Å²) in [5.41, 5.74) is 4.36. The maximum atomic E-state index is 12.5. The molecule has 7 nitrogen and oxygen atoms in total. The fourth-order valence-corrected chi connectivity index (χ4v) is 5.37. The van der Waals surface area contributed by atoms with E-state index in [1.807, 2.05) is 47.4 Å². The van der Waals surface area contributed by atoms with E-state index in [2.05, 4.69) is 41.5 Å². The lowest BCUT2D eigenvalue weighted by Gasteiger charge is -2.47. The first-order valence-electron chi connectivity index (χ1n) is 12.9. The lowest BCUT2D eigenvalue weighted by Crippen LogP contribution is -2.38. The number of hydrogen-bond donors (Lipinski definition) is 2. The van der Waals surface area contributed by atoms with Crippen molar-refractivity contribution in [1.82, 2.24) is 14.8 Å². The number of Topliss-reactive ketones (excluding diaryl/α,β-unsaturated/α-hetero) is 1. The number of carboxylic acids is 1. The number of ketones is 1. The van der Waals surface area contributed by atoms with Crippen LogP contribution in [0.3, 0.4) is 0 Å². The van der Waals surface area contributed by atoms with Gasteiger partial charge in [-0.05, 0) is 72.6 Å². The van der Waals surface area contributed by atoms with Crippen LogP contribution in [0.5, 0.6) is 0 Å². The van der Waals surface area contributed by atoms with Gasteiger partial charge in [0.2, 0.25) is 0 Å². The SMILES string of the molecule is CC1(C)CC([C@@H](Nc2ccc(-n3cc(C4CC4)cn3)nc2)c2ccc(C(=O)CCCC(=O)O)cc2)C1. The van der Waals surface area contributed by atoms with Gasteiger partial charge in [-0.2, -0.15) is 5.10 Å². The topological polar surface area (TPSA) is 97.1 Å². The summed E-state index contributed by atoms with van der Waals surface area (Å²) in [5.74, 6) is 1.08. The lowest BCUT2D eigenvalue weighted by atomic mass is 9.61. The maximum Gasteiger partial charge on any atom is 0.303 e. The van der Waals surface area contributed by atoms with Crippen LogP contribution in [-0.4, -0.2) is 31.6 Å².